The van der Waals surface area contributed by atoms with Gasteiger partial charge in [0.05, 0.1) is 19.2 Å². The lowest BCUT2D eigenvalue weighted by Gasteiger charge is -2.41. The fraction of sp³-hybridized carbons (Fsp3) is 0.632. The van der Waals surface area contributed by atoms with Gasteiger partial charge in [0.15, 0.2) is 0 Å². The highest BCUT2D eigenvalue weighted by molar-refractivity contribution is 5.79. The molecule has 1 aliphatic heterocycles. The number of amides is 1. The van der Waals surface area contributed by atoms with Crippen molar-refractivity contribution in [3.63, 3.8) is 0 Å². The van der Waals surface area contributed by atoms with Crippen LogP contribution < -0.4 is 5.73 Å². The predicted molar refractivity (Wildman–Crippen MR) is 91.0 cm³/mol. The number of morpholine rings is 1. The van der Waals surface area contributed by atoms with Crippen molar-refractivity contribution in [3.05, 3.63) is 35.4 Å². The number of ether oxygens (including phenoxy) is 1. The van der Waals surface area contributed by atoms with E-state index in [0.29, 0.717) is 13.2 Å². The molecule has 0 radical (unpaired) electrons. The molecule has 4 nitrogen and oxygen atoms in total. The van der Waals surface area contributed by atoms with Gasteiger partial charge in [-0.1, -0.05) is 30.7 Å². The lowest BCUT2D eigenvalue weighted by Crippen LogP contribution is -2.51. The van der Waals surface area contributed by atoms with Crippen LogP contribution in [-0.4, -0.2) is 36.0 Å². The molecule has 2 aliphatic rings. The lowest BCUT2D eigenvalue weighted by atomic mass is 9.84. The van der Waals surface area contributed by atoms with Gasteiger partial charge < -0.3 is 15.4 Å². The Morgan fingerprint density at radius 2 is 2.09 bits per heavy atom. The molecule has 126 valence electrons. The average Bonchev–Trinajstić information content (AvgIpc) is 2.55. The number of rotatable bonds is 2. The van der Waals surface area contributed by atoms with E-state index in [1.165, 1.54) is 11.1 Å². The van der Waals surface area contributed by atoms with Gasteiger partial charge in [-0.15, -0.1) is 0 Å². The number of nitrogens with two attached hydrogens (primary N) is 1. The van der Waals surface area contributed by atoms with Crippen LogP contribution in [0.3, 0.4) is 0 Å². The molecule has 1 aromatic rings. The van der Waals surface area contributed by atoms with Crippen LogP contribution in [0.1, 0.15) is 49.8 Å². The minimum Gasteiger partial charge on any atom is -0.370 e. The first-order valence-electron chi connectivity index (χ1n) is 8.79. The number of hydrogen-bond donors (Lipinski definition) is 1. The summed E-state index contributed by atoms with van der Waals surface area (Å²) in [6, 6.07) is 8.60. The topological polar surface area (TPSA) is 55.6 Å². The largest absolute Gasteiger partial charge is 0.370 e. The Labute approximate surface area is 139 Å². The first-order valence-corrected chi connectivity index (χ1v) is 8.79. The molecule has 1 aliphatic carbocycles. The first kappa shape index (κ1) is 16.5. The molecule has 1 heterocycles. The maximum Gasteiger partial charge on any atom is 0.226 e. The van der Waals surface area contributed by atoms with E-state index < -0.39 is 0 Å². The Balaban J connectivity index is 1.73. The Bertz CT molecular complexity index is 560. The number of nitrogens with zero attached hydrogens (tertiary/aromatic N) is 1. The van der Waals surface area contributed by atoms with Gasteiger partial charge in [0.2, 0.25) is 5.91 Å². The van der Waals surface area contributed by atoms with Crippen LogP contribution >= 0.6 is 0 Å². The smallest absolute Gasteiger partial charge is 0.226 e. The van der Waals surface area contributed by atoms with Crippen LogP contribution in [0.5, 0.6) is 0 Å². The van der Waals surface area contributed by atoms with Crippen molar-refractivity contribution in [1.82, 2.24) is 4.90 Å². The molecular weight excluding hydrogens is 288 g/mol. The van der Waals surface area contributed by atoms with Gasteiger partial charge in [-0.3, -0.25) is 4.79 Å². The van der Waals surface area contributed by atoms with Crippen LogP contribution in [0.2, 0.25) is 0 Å². The van der Waals surface area contributed by atoms with Crippen LogP contribution in [0.25, 0.3) is 0 Å². The molecular formula is C19H28N2O2. The number of aryl methyl sites for hydroxylation is 1. The third kappa shape index (κ3) is 3.59. The molecule has 1 saturated carbocycles. The third-order valence-electron chi connectivity index (χ3n) is 5.32. The molecule has 2 N–H and O–H groups in total. The summed E-state index contributed by atoms with van der Waals surface area (Å²) in [6.45, 7) is 5.43. The van der Waals surface area contributed by atoms with E-state index in [-0.39, 0.29) is 30.0 Å². The zero-order chi connectivity index (χ0) is 16.4. The van der Waals surface area contributed by atoms with Crippen molar-refractivity contribution < 1.29 is 9.53 Å². The Kier molecular flexibility index (Phi) is 5.02. The van der Waals surface area contributed by atoms with Crippen molar-refractivity contribution in [3.8, 4) is 0 Å². The number of benzene rings is 1. The molecule has 0 spiro atoms. The minimum atomic E-state index is -0.0198. The molecule has 4 atom stereocenters. The molecule has 23 heavy (non-hydrogen) atoms. The Hall–Kier alpha value is -1.39. The van der Waals surface area contributed by atoms with E-state index in [2.05, 4.69) is 26.0 Å². The minimum absolute atomic E-state index is 0.0198. The van der Waals surface area contributed by atoms with E-state index in [4.69, 9.17) is 10.5 Å². The van der Waals surface area contributed by atoms with E-state index in [1.807, 2.05) is 17.0 Å². The molecule has 3 rings (SSSR count). The highest BCUT2D eigenvalue weighted by Crippen LogP contribution is 2.31. The van der Waals surface area contributed by atoms with Crippen molar-refractivity contribution in [2.45, 2.75) is 57.7 Å². The van der Waals surface area contributed by atoms with Gasteiger partial charge in [-0.25, -0.2) is 0 Å². The van der Waals surface area contributed by atoms with Crippen molar-refractivity contribution in [2.24, 2.45) is 11.7 Å². The summed E-state index contributed by atoms with van der Waals surface area (Å²) in [5, 5.41) is 0. The summed E-state index contributed by atoms with van der Waals surface area (Å²) < 4.78 is 6.03. The fourth-order valence-corrected chi connectivity index (χ4v) is 3.89. The Morgan fingerprint density at radius 1 is 1.30 bits per heavy atom. The fourth-order valence-electron chi connectivity index (χ4n) is 3.89. The van der Waals surface area contributed by atoms with Crippen LogP contribution in [0, 0.1) is 12.8 Å². The SMILES string of the molecule is Cc1ccccc1C1CN(C(=O)C2CCCC(N)C2)C(C)CO1. The lowest BCUT2D eigenvalue weighted by molar-refractivity contribution is -0.150. The zero-order valence-electron chi connectivity index (χ0n) is 14.2. The van der Waals surface area contributed by atoms with Crippen LogP contribution in [0.15, 0.2) is 24.3 Å². The summed E-state index contributed by atoms with van der Waals surface area (Å²) in [7, 11) is 0. The maximum absolute atomic E-state index is 13.0. The molecule has 4 unspecified atom stereocenters. The van der Waals surface area contributed by atoms with Gasteiger partial charge in [0.1, 0.15) is 6.10 Å². The summed E-state index contributed by atoms with van der Waals surface area (Å²) in [6.07, 6.45) is 3.91. The second kappa shape index (κ2) is 7.02. The molecule has 1 amide bonds. The van der Waals surface area contributed by atoms with E-state index in [9.17, 15) is 4.79 Å². The second-order valence-corrected chi connectivity index (χ2v) is 7.14. The van der Waals surface area contributed by atoms with Gasteiger partial charge >= 0.3 is 0 Å². The Morgan fingerprint density at radius 3 is 2.83 bits per heavy atom. The monoisotopic (exact) mass is 316 g/mol. The normalized spacial score (nSPS) is 31.9. The summed E-state index contributed by atoms with van der Waals surface area (Å²) in [5.41, 5.74) is 8.48. The summed E-state index contributed by atoms with van der Waals surface area (Å²) >= 11 is 0. The molecule has 1 saturated heterocycles. The van der Waals surface area contributed by atoms with Crippen LogP contribution in [0.4, 0.5) is 0 Å². The summed E-state index contributed by atoms with van der Waals surface area (Å²) in [5.74, 6) is 0.367. The van der Waals surface area contributed by atoms with E-state index in [1.54, 1.807) is 0 Å². The molecule has 4 heteroatoms. The van der Waals surface area contributed by atoms with Crippen molar-refractivity contribution >= 4 is 5.91 Å². The van der Waals surface area contributed by atoms with Gasteiger partial charge in [0.25, 0.3) is 0 Å². The quantitative estimate of drug-likeness (QED) is 0.913. The average molecular weight is 316 g/mol. The molecule has 1 aromatic carbocycles. The van der Waals surface area contributed by atoms with E-state index in [0.717, 1.165) is 25.7 Å². The van der Waals surface area contributed by atoms with E-state index >= 15 is 0 Å². The number of hydrogen-bond acceptors (Lipinski definition) is 3. The van der Waals surface area contributed by atoms with Gasteiger partial charge in [-0.2, -0.15) is 0 Å². The van der Waals surface area contributed by atoms with Gasteiger partial charge in [0, 0.05) is 12.0 Å². The molecule has 0 bridgehead atoms. The highest BCUT2D eigenvalue weighted by atomic mass is 16.5. The second-order valence-electron chi connectivity index (χ2n) is 7.14. The van der Waals surface area contributed by atoms with Gasteiger partial charge in [-0.05, 0) is 44.2 Å². The predicted octanol–water partition coefficient (Wildman–Crippen LogP) is 2.80. The molecule has 2 fully saturated rings. The van der Waals surface area contributed by atoms with Crippen molar-refractivity contribution in [2.75, 3.05) is 13.2 Å². The number of carbonyl (C=O) groups is 1. The number of carbonyl (C=O) groups excluding carboxylic acids is 1. The zero-order valence-corrected chi connectivity index (χ0v) is 14.2. The highest BCUT2D eigenvalue weighted by Gasteiger charge is 2.35. The first-order chi connectivity index (χ1) is 11.1. The summed E-state index contributed by atoms with van der Waals surface area (Å²) in [4.78, 5) is 15.0. The third-order valence-corrected chi connectivity index (χ3v) is 5.32. The maximum atomic E-state index is 13.0. The molecule has 0 aromatic heterocycles. The van der Waals surface area contributed by atoms with Crippen molar-refractivity contribution in [1.29, 1.82) is 0 Å². The standard InChI is InChI=1S/C19H28N2O2/c1-13-6-3-4-9-17(13)18-11-21(14(2)12-23-18)19(22)15-7-5-8-16(20)10-15/h3-4,6,9,14-16,18H,5,7-8,10-12,20H2,1-2H3. The van der Waals surface area contributed by atoms with Crippen LogP contribution in [-0.2, 0) is 9.53 Å².